The first-order valence-electron chi connectivity index (χ1n) is 8.55. The van der Waals surface area contributed by atoms with Gasteiger partial charge in [0.2, 0.25) is 0 Å². The molecule has 0 bridgehead atoms. The third-order valence-electron chi connectivity index (χ3n) is 4.35. The maximum atomic E-state index is 12.6. The minimum atomic E-state index is -0.937. The number of hydrogen-bond acceptors (Lipinski definition) is 3. The van der Waals surface area contributed by atoms with Gasteiger partial charge in [0.25, 0.3) is 5.91 Å². The third kappa shape index (κ3) is 4.06. The summed E-state index contributed by atoms with van der Waals surface area (Å²) in [6.45, 7) is 1.74. The number of rotatable bonds is 6. The van der Waals surface area contributed by atoms with Crippen LogP contribution < -0.4 is 5.32 Å². The molecular weight excluding hydrogens is 326 g/mol. The number of carbonyl (C=O) groups is 2. The highest BCUT2D eigenvalue weighted by molar-refractivity contribution is 6.07. The number of benzene rings is 2. The molecule has 1 saturated heterocycles. The van der Waals surface area contributed by atoms with Crippen molar-refractivity contribution in [1.82, 2.24) is 10.3 Å². The van der Waals surface area contributed by atoms with Crippen molar-refractivity contribution in [1.29, 1.82) is 0 Å². The fourth-order valence-electron chi connectivity index (χ4n) is 2.81. The number of nitrogens with zero attached hydrogens (tertiary/aromatic N) is 2. The molecule has 1 heterocycles. The zero-order chi connectivity index (χ0) is 18.4. The van der Waals surface area contributed by atoms with E-state index in [0.717, 1.165) is 16.1 Å². The van der Waals surface area contributed by atoms with Crippen LogP contribution in [0, 0.1) is 0 Å². The summed E-state index contributed by atoms with van der Waals surface area (Å²) in [4.78, 5) is 24.8. The zero-order valence-electron chi connectivity index (χ0n) is 14.6. The van der Waals surface area contributed by atoms with Gasteiger partial charge in [-0.2, -0.15) is 5.10 Å². The quantitative estimate of drug-likeness (QED) is 0.641. The van der Waals surface area contributed by atoms with E-state index in [1.807, 2.05) is 66.7 Å². The molecular formula is C21H21N3O2. The summed E-state index contributed by atoms with van der Waals surface area (Å²) in [6, 6.07) is 19.1. The summed E-state index contributed by atoms with van der Waals surface area (Å²) in [5.74, 6) is -0.331. The van der Waals surface area contributed by atoms with Crippen LogP contribution in [0.15, 0.2) is 71.8 Å². The summed E-state index contributed by atoms with van der Waals surface area (Å²) in [6.07, 6.45) is 6.24. The van der Waals surface area contributed by atoms with Crippen LogP contribution in [0.2, 0.25) is 0 Å². The number of urea groups is 1. The van der Waals surface area contributed by atoms with Gasteiger partial charge in [0.1, 0.15) is 5.54 Å². The molecule has 0 aliphatic carbocycles. The van der Waals surface area contributed by atoms with E-state index >= 15 is 0 Å². The average Bonchev–Trinajstić information content (AvgIpc) is 2.88. The Morgan fingerprint density at radius 3 is 2.38 bits per heavy atom. The number of aryl methyl sites for hydroxylation is 1. The largest absolute Gasteiger partial charge is 0.346 e. The standard InChI is InChI=1S/C21H21N3O2/c1-21(15-14-18-11-6-3-7-12-18)19(25)24(20(26)23-21)22-16-8-13-17-9-4-2-5-10-17/h2-13,16H,14-15H2,1H3,(H,23,26). The molecule has 1 atom stereocenters. The molecule has 0 radical (unpaired) electrons. The lowest BCUT2D eigenvalue weighted by Gasteiger charge is -2.20. The maximum Gasteiger partial charge on any atom is 0.346 e. The fraction of sp³-hybridized carbons (Fsp3) is 0.190. The first-order chi connectivity index (χ1) is 12.6. The second-order valence-electron chi connectivity index (χ2n) is 6.40. The van der Waals surface area contributed by atoms with Crippen molar-refractivity contribution in [2.24, 2.45) is 5.10 Å². The van der Waals surface area contributed by atoms with Crippen molar-refractivity contribution in [2.75, 3.05) is 0 Å². The van der Waals surface area contributed by atoms with Crippen LogP contribution in [-0.4, -0.2) is 28.7 Å². The Morgan fingerprint density at radius 1 is 1.04 bits per heavy atom. The van der Waals surface area contributed by atoms with Gasteiger partial charge in [-0.05, 0) is 37.0 Å². The summed E-state index contributed by atoms with van der Waals surface area (Å²) >= 11 is 0. The minimum absolute atomic E-state index is 0.331. The van der Waals surface area contributed by atoms with Crippen molar-refractivity contribution in [3.63, 3.8) is 0 Å². The van der Waals surface area contributed by atoms with Gasteiger partial charge in [0, 0.05) is 6.21 Å². The van der Waals surface area contributed by atoms with E-state index in [0.29, 0.717) is 12.8 Å². The van der Waals surface area contributed by atoms with E-state index in [1.54, 1.807) is 13.0 Å². The van der Waals surface area contributed by atoms with E-state index < -0.39 is 11.6 Å². The lowest BCUT2D eigenvalue weighted by atomic mass is 9.93. The molecule has 2 aromatic carbocycles. The predicted octanol–water partition coefficient (Wildman–Crippen LogP) is 3.63. The van der Waals surface area contributed by atoms with Crippen LogP contribution >= 0.6 is 0 Å². The second-order valence-corrected chi connectivity index (χ2v) is 6.40. The summed E-state index contributed by atoms with van der Waals surface area (Å²) in [7, 11) is 0. The Labute approximate surface area is 153 Å². The van der Waals surface area contributed by atoms with Gasteiger partial charge < -0.3 is 5.32 Å². The Morgan fingerprint density at radius 2 is 1.69 bits per heavy atom. The van der Waals surface area contributed by atoms with Crippen LogP contribution in [0.1, 0.15) is 24.5 Å². The first-order valence-corrected chi connectivity index (χ1v) is 8.55. The van der Waals surface area contributed by atoms with Gasteiger partial charge in [0.15, 0.2) is 0 Å². The van der Waals surface area contributed by atoms with Gasteiger partial charge in [-0.1, -0.05) is 66.7 Å². The molecule has 5 heteroatoms. The molecule has 26 heavy (non-hydrogen) atoms. The molecule has 1 fully saturated rings. The van der Waals surface area contributed by atoms with E-state index in [4.69, 9.17) is 0 Å². The first kappa shape index (κ1) is 17.6. The van der Waals surface area contributed by atoms with Gasteiger partial charge in [-0.15, -0.1) is 5.01 Å². The number of allylic oxidation sites excluding steroid dienone is 1. The van der Waals surface area contributed by atoms with E-state index in [-0.39, 0.29) is 5.91 Å². The Kier molecular flexibility index (Phi) is 5.27. The lowest BCUT2D eigenvalue weighted by Crippen LogP contribution is -2.44. The van der Waals surface area contributed by atoms with Crippen LogP contribution in [0.3, 0.4) is 0 Å². The van der Waals surface area contributed by atoms with E-state index in [9.17, 15) is 9.59 Å². The van der Waals surface area contributed by atoms with Crippen molar-refractivity contribution >= 4 is 24.2 Å². The molecule has 1 N–H and O–H groups in total. The molecule has 1 aliphatic rings. The van der Waals surface area contributed by atoms with Gasteiger partial charge in [-0.25, -0.2) is 4.79 Å². The minimum Gasteiger partial charge on any atom is -0.322 e. The van der Waals surface area contributed by atoms with Crippen LogP contribution in [0.4, 0.5) is 4.79 Å². The molecule has 1 unspecified atom stereocenters. The Hall–Kier alpha value is -3.21. The average molecular weight is 347 g/mol. The number of carbonyl (C=O) groups excluding carboxylic acids is 2. The molecule has 3 amide bonds. The smallest absolute Gasteiger partial charge is 0.322 e. The van der Waals surface area contributed by atoms with Crippen LogP contribution in [0.25, 0.3) is 6.08 Å². The molecule has 2 aromatic rings. The highest BCUT2D eigenvalue weighted by atomic mass is 16.2. The Balaban J connectivity index is 1.62. The molecule has 1 aliphatic heterocycles. The molecule has 0 spiro atoms. The number of hydrazone groups is 1. The van der Waals surface area contributed by atoms with Crippen molar-refractivity contribution in [3.05, 3.63) is 77.9 Å². The topological polar surface area (TPSA) is 61.8 Å². The van der Waals surface area contributed by atoms with E-state index in [2.05, 4.69) is 10.4 Å². The summed E-state index contributed by atoms with van der Waals surface area (Å²) in [5, 5.41) is 7.67. The highest BCUT2D eigenvalue weighted by Gasteiger charge is 2.47. The second kappa shape index (κ2) is 7.78. The third-order valence-corrected chi connectivity index (χ3v) is 4.35. The van der Waals surface area contributed by atoms with Crippen molar-refractivity contribution in [3.8, 4) is 0 Å². The van der Waals surface area contributed by atoms with E-state index in [1.165, 1.54) is 6.21 Å². The van der Waals surface area contributed by atoms with Gasteiger partial charge in [-0.3, -0.25) is 4.79 Å². The monoisotopic (exact) mass is 347 g/mol. The summed E-state index contributed by atoms with van der Waals surface area (Å²) in [5.41, 5.74) is 1.21. The number of imide groups is 1. The normalized spacial score (nSPS) is 20.3. The summed E-state index contributed by atoms with van der Waals surface area (Å²) < 4.78 is 0. The number of amides is 3. The molecule has 3 rings (SSSR count). The lowest BCUT2D eigenvalue weighted by molar-refractivity contribution is -0.130. The van der Waals surface area contributed by atoms with Crippen LogP contribution in [-0.2, 0) is 11.2 Å². The van der Waals surface area contributed by atoms with Gasteiger partial charge in [0.05, 0.1) is 0 Å². The van der Waals surface area contributed by atoms with Gasteiger partial charge >= 0.3 is 6.03 Å². The predicted molar refractivity (Wildman–Crippen MR) is 103 cm³/mol. The zero-order valence-corrected chi connectivity index (χ0v) is 14.6. The Bertz CT molecular complexity index is 831. The number of nitrogens with one attached hydrogen (secondary N) is 1. The van der Waals surface area contributed by atoms with Crippen molar-refractivity contribution in [2.45, 2.75) is 25.3 Å². The molecule has 5 nitrogen and oxygen atoms in total. The maximum absolute atomic E-state index is 12.6. The van der Waals surface area contributed by atoms with Crippen molar-refractivity contribution < 1.29 is 9.59 Å². The van der Waals surface area contributed by atoms with Crippen LogP contribution in [0.5, 0.6) is 0 Å². The SMILES string of the molecule is CC1(CCc2ccccc2)NC(=O)N(N=CC=Cc2ccccc2)C1=O. The number of hydrogen-bond donors (Lipinski definition) is 1. The molecule has 132 valence electrons. The molecule has 0 aromatic heterocycles. The molecule has 0 saturated carbocycles. The fourth-order valence-corrected chi connectivity index (χ4v) is 2.81. The highest BCUT2D eigenvalue weighted by Crippen LogP contribution is 2.23.